The fraction of sp³-hybridized carbons (Fsp3) is 0.0244. The van der Waals surface area contributed by atoms with E-state index >= 15 is 0 Å². The van der Waals surface area contributed by atoms with Crippen LogP contribution < -0.4 is 5.32 Å². The van der Waals surface area contributed by atoms with Crippen LogP contribution in [-0.2, 0) is 0 Å². The Morgan fingerprint density at radius 3 is 2.06 bits per heavy atom. The highest BCUT2D eigenvalue weighted by molar-refractivity contribution is 6.16. The number of pyridine rings is 3. The van der Waals surface area contributed by atoms with Crippen LogP contribution in [-0.4, -0.2) is 26.1 Å². The molecule has 0 aliphatic carbocycles. The normalized spacial score (nSPS) is 12.2. The van der Waals surface area contributed by atoms with Gasteiger partial charge in [-0.25, -0.2) is 9.97 Å². The maximum atomic E-state index is 10.2. The van der Waals surface area contributed by atoms with Crippen LogP contribution in [0.25, 0.3) is 78.0 Å². The Kier molecular flexibility index (Phi) is 6.15. The van der Waals surface area contributed by atoms with E-state index in [1.54, 1.807) is 12.4 Å². The molecule has 0 atom stereocenters. The second-order valence-electron chi connectivity index (χ2n) is 11.6. The first kappa shape index (κ1) is 26.8. The lowest BCUT2D eigenvalue weighted by atomic mass is 9.89. The van der Waals surface area contributed by atoms with Crippen molar-refractivity contribution in [2.45, 2.75) is 0 Å². The second kappa shape index (κ2) is 10.8. The number of benzene rings is 4. The van der Waals surface area contributed by atoms with Gasteiger partial charge in [0.25, 0.3) is 0 Å². The van der Waals surface area contributed by atoms with Crippen molar-refractivity contribution in [3.05, 3.63) is 145 Å². The molecule has 8 aromatic rings. The number of fused-ring (bicyclic) bond motifs is 5. The molecule has 0 fully saturated rings. The van der Waals surface area contributed by atoms with Crippen molar-refractivity contribution in [2.75, 3.05) is 11.9 Å². The summed E-state index contributed by atoms with van der Waals surface area (Å²) in [4.78, 5) is 14.5. The average Bonchev–Trinajstić information content (AvgIpc) is 3.48. The molecule has 0 radical (unpaired) electrons. The van der Waals surface area contributed by atoms with Crippen molar-refractivity contribution >= 4 is 44.3 Å². The standard InChI is InChI=1S/C41H26N6/c42-24-35-29-8-1-3-11-32(29)40(33-12-4-2-9-30(33)35)37-23-28(22-36(46-37)26-17-20-43-21-18-26)27-15-16-39(45-25-27)47-38-14-6-5-10-31(38)34-13-7-19-44-41(34)47/h1-18,20-23,25,44H,19H2. The minimum absolute atomic E-state index is 0.676. The molecule has 0 spiro atoms. The number of para-hydroxylation sites is 1. The molecule has 0 saturated carbocycles. The Morgan fingerprint density at radius 2 is 1.36 bits per heavy atom. The Labute approximate surface area is 270 Å². The van der Waals surface area contributed by atoms with Crippen LogP contribution in [0.1, 0.15) is 11.1 Å². The maximum absolute atomic E-state index is 10.2. The summed E-state index contributed by atoms with van der Waals surface area (Å²) in [5, 5.41) is 18.8. The largest absolute Gasteiger partial charge is 0.367 e. The van der Waals surface area contributed by atoms with Crippen molar-refractivity contribution < 1.29 is 0 Å². The number of anilines is 1. The van der Waals surface area contributed by atoms with E-state index in [4.69, 9.17) is 9.97 Å². The molecule has 4 aromatic heterocycles. The van der Waals surface area contributed by atoms with Crippen molar-refractivity contribution in [3.8, 4) is 45.5 Å². The fourth-order valence-corrected chi connectivity index (χ4v) is 6.89. The molecular weight excluding hydrogens is 576 g/mol. The van der Waals surface area contributed by atoms with Crippen LogP contribution in [0.2, 0.25) is 0 Å². The van der Waals surface area contributed by atoms with Crippen molar-refractivity contribution in [1.29, 1.82) is 5.26 Å². The van der Waals surface area contributed by atoms with Crippen LogP contribution in [0.3, 0.4) is 0 Å². The van der Waals surface area contributed by atoms with Gasteiger partial charge in [-0.15, -0.1) is 0 Å². The SMILES string of the molecule is N#Cc1c2ccccc2c(-c2cc(-c3ccc(-n4c5c(c6ccccc64)C=CCN5)nc3)cc(-c3ccncc3)n2)c2ccccc12. The average molecular weight is 603 g/mol. The summed E-state index contributed by atoms with van der Waals surface area (Å²) in [7, 11) is 0. The first-order chi connectivity index (χ1) is 23.3. The Bertz CT molecular complexity index is 2520. The minimum Gasteiger partial charge on any atom is -0.367 e. The monoisotopic (exact) mass is 602 g/mol. The van der Waals surface area contributed by atoms with Gasteiger partial charge in [0.05, 0.1) is 22.5 Å². The predicted octanol–water partition coefficient (Wildman–Crippen LogP) is 9.43. The molecule has 9 rings (SSSR count). The van der Waals surface area contributed by atoms with E-state index in [0.29, 0.717) is 5.56 Å². The fourth-order valence-electron chi connectivity index (χ4n) is 6.89. The number of hydrogen-bond acceptors (Lipinski definition) is 5. The second-order valence-corrected chi connectivity index (χ2v) is 11.6. The van der Waals surface area contributed by atoms with Gasteiger partial charge in [-0.05, 0) is 58.8 Å². The highest BCUT2D eigenvalue weighted by Gasteiger charge is 2.20. The van der Waals surface area contributed by atoms with Gasteiger partial charge in [-0.2, -0.15) is 5.26 Å². The number of rotatable bonds is 4. The third-order valence-electron chi connectivity index (χ3n) is 9.00. The number of nitrogens with one attached hydrogen (secondary N) is 1. The van der Waals surface area contributed by atoms with Crippen LogP contribution in [0.15, 0.2) is 134 Å². The molecule has 5 heterocycles. The summed E-state index contributed by atoms with van der Waals surface area (Å²) in [6.07, 6.45) is 9.86. The molecule has 6 nitrogen and oxygen atoms in total. The van der Waals surface area contributed by atoms with Gasteiger partial charge < -0.3 is 5.32 Å². The van der Waals surface area contributed by atoms with Crippen molar-refractivity contribution in [3.63, 3.8) is 0 Å². The minimum atomic E-state index is 0.676. The zero-order valence-electron chi connectivity index (χ0n) is 25.2. The third kappa shape index (κ3) is 4.29. The molecule has 4 aromatic carbocycles. The molecule has 0 saturated heterocycles. The zero-order valence-corrected chi connectivity index (χ0v) is 25.2. The van der Waals surface area contributed by atoms with E-state index in [9.17, 15) is 5.26 Å². The molecule has 1 N–H and O–H groups in total. The van der Waals surface area contributed by atoms with Gasteiger partial charge >= 0.3 is 0 Å². The number of nitrogens with zero attached hydrogens (tertiary/aromatic N) is 5. The summed E-state index contributed by atoms with van der Waals surface area (Å²) in [6.45, 7) is 0.775. The van der Waals surface area contributed by atoms with Crippen LogP contribution >= 0.6 is 0 Å². The first-order valence-corrected chi connectivity index (χ1v) is 15.6. The predicted molar refractivity (Wildman–Crippen MR) is 190 cm³/mol. The van der Waals surface area contributed by atoms with E-state index in [2.05, 4.69) is 93.8 Å². The molecule has 1 aliphatic rings. The Morgan fingerprint density at radius 1 is 0.681 bits per heavy atom. The topological polar surface area (TPSA) is 79.4 Å². The summed E-state index contributed by atoms with van der Waals surface area (Å²) >= 11 is 0. The zero-order chi connectivity index (χ0) is 31.3. The first-order valence-electron chi connectivity index (χ1n) is 15.6. The lowest BCUT2D eigenvalue weighted by Crippen LogP contribution is -2.09. The maximum Gasteiger partial charge on any atom is 0.138 e. The molecule has 1 aliphatic heterocycles. The van der Waals surface area contributed by atoms with E-state index in [0.717, 1.165) is 78.9 Å². The summed E-state index contributed by atoms with van der Waals surface area (Å²) < 4.78 is 2.20. The third-order valence-corrected chi connectivity index (χ3v) is 9.00. The van der Waals surface area contributed by atoms with E-state index in [1.165, 1.54) is 10.9 Å². The van der Waals surface area contributed by atoms with Crippen LogP contribution in [0, 0.1) is 11.3 Å². The summed E-state index contributed by atoms with van der Waals surface area (Å²) in [5.74, 6) is 1.90. The highest BCUT2D eigenvalue weighted by Crippen LogP contribution is 2.41. The molecule has 47 heavy (non-hydrogen) atoms. The smallest absolute Gasteiger partial charge is 0.138 e. The highest BCUT2D eigenvalue weighted by atomic mass is 15.2. The van der Waals surface area contributed by atoms with Gasteiger partial charge in [0.1, 0.15) is 17.7 Å². The number of aromatic nitrogens is 4. The van der Waals surface area contributed by atoms with Crippen molar-refractivity contribution in [1.82, 2.24) is 19.5 Å². The van der Waals surface area contributed by atoms with Gasteiger partial charge in [-0.3, -0.25) is 9.55 Å². The van der Waals surface area contributed by atoms with Gasteiger partial charge in [0.2, 0.25) is 0 Å². The molecule has 0 amide bonds. The van der Waals surface area contributed by atoms with Gasteiger partial charge in [0.15, 0.2) is 0 Å². The summed E-state index contributed by atoms with van der Waals surface area (Å²) in [6, 6.07) is 39.6. The molecule has 0 unspecified atom stereocenters. The lowest BCUT2D eigenvalue weighted by Gasteiger charge is -2.16. The summed E-state index contributed by atoms with van der Waals surface area (Å²) in [5.41, 5.74) is 8.59. The van der Waals surface area contributed by atoms with E-state index in [1.807, 2.05) is 54.7 Å². The van der Waals surface area contributed by atoms with Gasteiger partial charge in [-0.1, -0.05) is 78.9 Å². The molecule has 220 valence electrons. The van der Waals surface area contributed by atoms with Crippen LogP contribution in [0.5, 0.6) is 0 Å². The Balaban J connectivity index is 1.26. The lowest BCUT2D eigenvalue weighted by molar-refractivity contribution is 1.03. The number of nitriles is 1. The van der Waals surface area contributed by atoms with E-state index in [-0.39, 0.29) is 0 Å². The molecule has 0 bridgehead atoms. The van der Waals surface area contributed by atoms with E-state index < -0.39 is 0 Å². The molecular formula is C41H26N6. The number of hydrogen-bond donors (Lipinski definition) is 1. The Hall–Kier alpha value is -6.58. The van der Waals surface area contributed by atoms with Crippen molar-refractivity contribution in [2.24, 2.45) is 0 Å². The van der Waals surface area contributed by atoms with Crippen LogP contribution in [0.4, 0.5) is 5.82 Å². The van der Waals surface area contributed by atoms with Gasteiger partial charge in [0, 0.05) is 63.5 Å². The quantitative estimate of drug-likeness (QED) is 0.203. The molecule has 6 heteroatoms.